The van der Waals surface area contributed by atoms with Crippen LogP contribution >= 0.6 is 24.0 Å². The van der Waals surface area contributed by atoms with Gasteiger partial charge in [0.25, 0.3) is 0 Å². The summed E-state index contributed by atoms with van der Waals surface area (Å²) in [4.78, 5) is 4.91. The first-order chi connectivity index (χ1) is 14.6. The molecule has 7 nitrogen and oxygen atoms in total. The first-order valence-corrected chi connectivity index (χ1v) is 11.3. The minimum atomic E-state index is 0. The first kappa shape index (κ1) is 23.8. The van der Waals surface area contributed by atoms with Crippen molar-refractivity contribution >= 4 is 29.9 Å². The number of ether oxygens (including phenoxy) is 1. The maximum atomic E-state index is 5.84. The average molecular weight is 538 g/mol. The maximum absolute atomic E-state index is 5.84. The van der Waals surface area contributed by atoms with Crippen molar-refractivity contribution in [3.8, 4) is 5.75 Å². The number of nitrogens with one attached hydrogen (secondary N) is 2. The lowest BCUT2D eigenvalue weighted by Crippen LogP contribution is -2.47. The SMILES string of the molecule is CCC1CCCC(NC(=NCc2nnc(C)n2C)NC2CCOc3ccccc32)C1.I. The number of fused-ring (bicyclic) bond motifs is 1. The molecule has 2 N–H and O–H groups in total. The number of aryl methyl sites for hydroxylation is 1. The van der Waals surface area contributed by atoms with Crippen molar-refractivity contribution < 1.29 is 4.74 Å². The number of nitrogens with zero attached hydrogens (tertiary/aromatic N) is 4. The highest BCUT2D eigenvalue weighted by molar-refractivity contribution is 14.0. The van der Waals surface area contributed by atoms with Crippen LogP contribution in [-0.4, -0.2) is 33.4 Å². The normalized spacial score (nSPS) is 23.3. The van der Waals surface area contributed by atoms with Gasteiger partial charge in [0.2, 0.25) is 0 Å². The molecule has 3 unspecified atom stereocenters. The minimum Gasteiger partial charge on any atom is -0.493 e. The number of hydrogen-bond acceptors (Lipinski definition) is 4. The Morgan fingerprint density at radius 3 is 2.81 bits per heavy atom. The van der Waals surface area contributed by atoms with E-state index in [1.54, 1.807) is 0 Å². The van der Waals surface area contributed by atoms with E-state index in [1.165, 1.54) is 37.7 Å². The van der Waals surface area contributed by atoms with Crippen molar-refractivity contribution in [2.24, 2.45) is 18.0 Å². The van der Waals surface area contributed by atoms with Crippen molar-refractivity contribution in [1.82, 2.24) is 25.4 Å². The smallest absolute Gasteiger partial charge is 0.192 e. The molecule has 1 aliphatic carbocycles. The van der Waals surface area contributed by atoms with E-state index in [4.69, 9.17) is 9.73 Å². The molecule has 1 saturated carbocycles. The van der Waals surface area contributed by atoms with Gasteiger partial charge in [-0.2, -0.15) is 0 Å². The highest BCUT2D eigenvalue weighted by Gasteiger charge is 2.25. The number of para-hydroxylation sites is 1. The third-order valence-electron chi connectivity index (χ3n) is 6.53. The van der Waals surface area contributed by atoms with Crippen molar-refractivity contribution in [1.29, 1.82) is 0 Å². The molecule has 4 rings (SSSR count). The van der Waals surface area contributed by atoms with Crippen LogP contribution in [0.25, 0.3) is 0 Å². The molecule has 2 aliphatic rings. The molecule has 0 spiro atoms. The quantitative estimate of drug-likeness (QED) is 0.338. The van der Waals surface area contributed by atoms with E-state index in [0.717, 1.165) is 35.7 Å². The van der Waals surface area contributed by atoms with Gasteiger partial charge in [0.05, 0.1) is 12.6 Å². The van der Waals surface area contributed by atoms with Crippen molar-refractivity contribution in [2.45, 2.75) is 71.0 Å². The van der Waals surface area contributed by atoms with Crippen LogP contribution in [0.5, 0.6) is 5.75 Å². The van der Waals surface area contributed by atoms with Gasteiger partial charge in [0, 0.05) is 25.1 Å². The Morgan fingerprint density at radius 2 is 2.03 bits per heavy atom. The van der Waals surface area contributed by atoms with Crippen LogP contribution in [-0.2, 0) is 13.6 Å². The number of aromatic nitrogens is 3. The third kappa shape index (κ3) is 5.90. The maximum Gasteiger partial charge on any atom is 0.192 e. The zero-order valence-corrected chi connectivity index (χ0v) is 21.1. The Morgan fingerprint density at radius 1 is 1.19 bits per heavy atom. The fraction of sp³-hybridized carbons (Fsp3) is 0.609. The molecular formula is C23H35IN6O. The van der Waals surface area contributed by atoms with Gasteiger partial charge in [-0.3, -0.25) is 0 Å². The highest BCUT2D eigenvalue weighted by Crippen LogP contribution is 2.32. The van der Waals surface area contributed by atoms with Gasteiger partial charge in [-0.1, -0.05) is 44.4 Å². The Balaban J connectivity index is 0.00000272. The van der Waals surface area contributed by atoms with Crippen LogP contribution in [0.1, 0.15) is 68.7 Å². The number of benzene rings is 1. The van der Waals surface area contributed by atoms with Gasteiger partial charge in [0.1, 0.15) is 18.1 Å². The summed E-state index contributed by atoms with van der Waals surface area (Å²) >= 11 is 0. The second-order valence-corrected chi connectivity index (χ2v) is 8.54. The van der Waals surface area contributed by atoms with E-state index >= 15 is 0 Å². The number of halogens is 1. The second kappa shape index (κ2) is 11.2. The minimum absolute atomic E-state index is 0. The molecule has 0 radical (unpaired) electrons. The topological polar surface area (TPSA) is 76.4 Å². The standard InChI is InChI=1S/C23H34N6O.HI/c1-4-17-8-7-9-18(14-17)25-23(24-15-22-28-27-16(2)29(22)3)26-20-12-13-30-21-11-6-5-10-19(20)21;/h5-6,10-11,17-18,20H,4,7-9,12-15H2,1-3H3,(H2,24,25,26);1H. The molecule has 8 heteroatoms. The molecule has 2 heterocycles. The lowest BCUT2D eigenvalue weighted by Gasteiger charge is -2.33. The summed E-state index contributed by atoms with van der Waals surface area (Å²) in [6, 6.07) is 8.94. The van der Waals surface area contributed by atoms with Crippen LogP contribution in [0, 0.1) is 12.8 Å². The first-order valence-electron chi connectivity index (χ1n) is 11.3. The van der Waals surface area contributed by atoms with E-state index in [9.17, 15) is 0 Å². The average Bonchev–Trinajstić information content (AvgIpc) is 3.10. The van der Waals surface area contributed by atoms with Crippen molar-refractivity contribution in [3.05, 3.63) is 41.5 Å². The highest BCUT2D eigenvalue weighted by atomic mass is 127. The molecule has 31 heavy (non-hydrogen) atoms. The van der Waals surface area contributed by atoms with Gasteiger partial charge in [-0.25, -0.2) is 4.99 Å². The summed E-state index contributed by atoms with van der Waals surface area (Å²) in [5.74, 6) is 4.41. The van der Waals surface area contributed by atoms with Gasteiger partial charge < -0.3 is 19.9 Å². The molecule has 0 amide bonds. The van der Waals surface area contributed by atoms with Crippen LogP contribution in [0.3, 0.4) is 0 Å². The van der Waals surface area contributed by atoms with Gasteiger partial charge in [-0.15, -0.1) is 34.2 Å². The Labute approximate surface area is 202 Å². The predicted molar refractivity (Wildman–Crippen MR) is 134 cm³/mol. The van der Waals surface area contributed by atoms with Gasteiger partial charge >= 0.3 is 0 Å². The summed E-state index contributed by atoms with van der Waals surface area (Å²) < 4.78 is 7.84. The zero-order chi connectivity index (χ0) is 20.9. The van der Waals surface area contributed by atoms with E-state index in [0.29, 0.717) is 19.2 Å². The van der Waals surface area contributed by atoms with E-state index < -0.39 is 0 Å². The Bertz CT molecular complexity index is 883. The largest absolute Gasteiger partial charge is 0.493 e. The summed E-state index contributed by atoms with van der Waals surface area (Å²) in [5.41, 5.74) is 1.20. The number of hydrogen-bond donors (Lipinski definition) is 2. The van der Waals surface area contributed by atoms with E-state index in [-0.39, 0.29) is 30.0 Å². The summed E-state index contributed by atoms with van der Waals surface area (Å²) in [6.07, 6.45) is 7.22. The molecule has 0 bridgehead atoms. The predicted octanol–water partition coefficient (Wildman–Crippen LogP) is 4.27. The number of guanidine groups is 1. The Kier molecular flexibility index (Phi) is 8.57. The molecular weight excluding hydrogens is 503 g/mol. The van der Waals surface area contributed by atoms with E-state index in [2.05, 4.69) is 39.9 Å². The van der Waals surface area contributed by atoms with Crippen LogP contribution in [0.2, 0.25) is 0 Å². The van der Waals surface area contributed by atoms with Gasteiger partial charge in [0.15, 0.2) is 11.8 Å². The van der Waals surface area contributed by atoms with Gasteiger partial charge in [-0.05, 0) is 31.7 Å². The third-order valence-corrected chi connectivity index (χ3v) is 6.53. The molecule has 3 atom stereocenters. The Hall–Kier alpha value is -1.84. The number of aliphatic imine (C=N–C) groups is 1. The molecule has 2 aromatic rings. The monoisotopic (exact) mass is 538 g/mol. The molecule has 0 saturated heterocycles. The lowest BCUT2D eigenvalue weighted by molar-refractivity contribution is 0.260. The fourth-order valence-electron chi connectivity index (χ4n) is 4.51. The fourth-order valence-corrected chi connectivity index (χ4v) is 4.51. The van der Waals surface area contributed by atoms with Crippen LogP contribution < -0.4 is 15.4 Å². The molecule has 1 aromatic heterocycles. The van der Waals surface area contributed by atoms with Crippen LogP contribution in [0.15, 0.2) is 29.3 Å². The second-order valence-electron chi connectivity index (χ2n) is 8.54. The lowest BCUT2D eigenvalue weighted by atomic mass is 9.84. The molecule has 170 valence electrons. The summed E-state index contributed by atoms with van der Waals surface area (Å²) in [6.45, 7) is 5.48. The molecule has 1 aliphatic heterocycles. The van der Waals surface area contributed by atoms with Crippen molar-refractivity contribution in [2.75, 3.05) is 6.61 Å². The van der Waals surface area contributed by atoms with Crippen LogP contribution in [0.4, 0.5) is 0 Å². The molecule has 1 fully saturated rings. The summed E-state index contributed by atoms with van der Waals surface area (Å²) in [5, 5.41) is 15.9. The zero-order valence-electron chi connectivity index (χ0n) is 18.8. The van der Waals surface area contributed by atoms with E-state index in [1.807, 2.05) is 30.7 Å². The van der Waals surface area contributed by atoms with Crippen molar-refractivity contribution in [3.63, 3.8) is 0 Å². The summed E-state index contributed by atoms with van der Waals surface area (Å²) in [7, 11) is 1.99. The molecule has 1 aromatic carbocycles. The number of rotatable bonds is 5.